The van der Waals surface area contributed by atoms with Gasteiger partial charge in [0.1, 0.15) is 6.61 Å². The number of hydrogen-bond donors (Lipinski definition) is 1. The van der Waals surface area contributed by atoms with Crippen molar-refractivity contribution in [2.45, 2.75) is 63.2 Å². The van der Waals surface area contributed by atoms with Gasteiger partial charge in [-0.15, -0.1) is 0 Å². The molecule has 3 aromatic rings. The third kappa shape index (κ3) is 8.00. The van der Waals surface area contributed by atoms with Crippen molar-refractivity contribution in [2.75, 3.05) is 19.8 Å². The molecule has 0 aromatic heterocycles. The fraction of sp³-hybridized carbons (Fsp3) is 0.412. The summed E-state index contributed by atoms with van der Waals surface area (Å²) in [6, 6.07) is 21.2. The fourth-order valence-corrected chi connectivity index (χ4v) is 5.77. The number of carbonyl (C=O) groups excluding carboxylic acids is 1. The smallest absolute Gasteiger partial charge is 0.416 e. The van der Waals surface area contributed by atoms with E-state index in [-0.39, 0.29) is 57.3 Å². The molecule has 0 bridgehead atoms. The van der Waals surface area contributed by atoms with Gasteiger partial charge in [0.25, 0.3) is 0 Å². The zero-order chi connectivity index (χ0) is 33.6. The highest BCUT2D eigenvalue weighted by atomic mass is 19.4. The molecule has 246 valence electrons. The fourth-order valence-electron chi connectivity index (χ4n) is 5.77. The van der Waals surface area contributed by atoms with Crippen LogP contribution in [-0.4, -0.2) is 35.9 Å². The number of alkyl halides is 6. The lowest BCUT2D eigenvalue weighted by Gasteiger charge is -2.51. The predicted octanol–water partition coefficient (Wildman–Crippen LogP) is 8.41. The third-order valence-corrected chi connectivity index (χ3v) is 8.43. The van der Waals surface area contributed by atoms with Crippen molar-refractivity contribution in [3.63, 3.8) is 0 Å². The largest absolute Gasteiger partial charge is 0.445 e. The predicted molar refractivity (Wildman–Crippen MR) is 156 cm³/mol. The molecule has 1 N–H and O–H groups in total. The minimum Gasteiger partial charge on any atom is -0.445 e. The summed E-state index contributed by atoms with van der Waals surface area (Å²) in [5.74, 6) is 0. The topological polar surface area (TPSA) is 82.8 Å². The molecule has 0 radical (unpaired) electrons. The van der Waals surface area contributed by atoms with Crippen molar-refractivity contribution in [1.29, 1.82) is 5.26 Å². The number of piperidine rings is 1. The maximum atomic E-state index is 13.9. The summed E-state index contributed by atoms with van der Waals surface area (Å²) < 4.78 is 93.3. The van der Waals surface area contributed by atoms with Crippen molar-refractivity contribution in [2.24, 2.45) is 5.41 Å². The van der Waals surface area contributed by atoms with E-state index in [1.165, 1.54) is 11.8 Å². The molecule has 6 nitrogen and oxygen atoms in total. The van der Waals surface area contributed by atoms with Gasteiger partial charge in [-0.2, -0.15) is 31.6 Å². The zero-order valence-electron chi connectivity index (χ0n) is 25.1. The van der Waals surface area contributed by atoms with E-state index in [1.54, 1.807) is 60.7 Å². The molecule has 1 heterocycles. The molecule has 1 aliphatic heterocycles. The van der Waals surface area contributed by atoms with Crippen LogP contribution in [0.2, 0.25) is 0 Å². The summed E-state index contributed by atoms with van der Waals surface area (Å²) in [5.41, 5.74) is -4.30. The van der Waals surface area contributed by atoms with E-state index in [4.69, 9.17) is 9.47 Å². The van der Waals surface area contributed by atoms with E-state index in [1.807, 2.05) is 0 Å². The molecule has 1 amide bonds. The second-order valence-corrected chi connectivity index (χ2v) is 11.5. The monoisotopic (exact) mass is 648 g/mol. The Balaban J connectivity index is 1.73. The highest BCUT2D eigenvalue weighted by Crippen LogP contribution is 2.47. The second kappa shape index (κ2) is 14.1. The maximum absolute atomic E-state index is 13.9. The van der Waals surface area contributed by atoms with Gasteiger partial charge in [-0.25, -0.2) is 4.79 Å². The van der Waals surface area contributed by atoms with Crippen LogP contribution >= 0.6 is 0 Å². The van der Waals surface area contributed by atoms with Gasteiger partial charge in [-0.1, -0.05) is 60.7 Å². The molecule has 3 aromatic carbocycles. The van der Waals surface area contributed by atoms with Crippen LogP contribution in [0.5, 0.6) is 0 Å². The quantitative estimate of drug-likeness (QED) is 0.223. The van der Waals surface area contributed by atoms with Crippen LogP contribution in [0.15, 0.2) is 78.9 Å². The summed E-state index contributed by atoms with van der Waals surface area (Å²) in [6.45, 7) is 0.668. The average Bonchev–Trinajstić information content (AvgIpc) is 3.05. The summed E-state index contributed by atoms with van der Waals surface area (Å²) in [4.78, 5) is 15.3. The Morgan fingerprint density at radius 1 is 0.957 bits per heavy atom. The number of hydrogen-bond acceptors (Lipinski definition) is 5. The minimum atomic E-state index is -5.03. The van der Waals surface area contributed by atoms with E-state index in [2.05, 4.69) is 6.07 Å². The van der Waals surface area contributed by atoms with Gasteiger partial charge in [0.2, 0.25) is 0 Å². The Hall–Kier alpha value is -4.08. The molecule has 0 saturated carbocycles. The molecular formula is C34H34F6N2O4. The number of nitrogens with zero attached hydrogens (tertiary/aromatic N) is 2. The number of halogens is 6. The van der Waals surface area contributed by atoms with E-state index in [0.717, 1.165) is 0 Å². The number of benzene rings is 3. The van der Waals surface area contributed by atoms with Gasteiger partial charge >= 0.3 is 18.4 Å². The van der Waals surface area contributed by atoms with Crippen molar-refractivity contribution in [3.8, 4) is 6.07 Å². The number of nitriles is 1. The van der Waals surface area contributed by atoms with Crippen LogP contribution in [0.1, 0.15) is 66.5 Å². The van der Waals surface area contributed by atoms with Crippen LogP contribution in [0.3, 0.4) is 0 Å². The number of aliphatic hydroxyl groups excluding tert-OH is 1. The lowest BCUT2D eigenvalue weighted by atomic mass is 9.69. The summed E-state index contributed by atoms with van der Waals surface area (Å²) in [6.07, 6.45) is -11.0. The molecule has 0 spiro atoms. The second-order valence-electron chi connectivity index (χ2n) is 11.5. The van der Waals surface area contributed by atoms with Crippen LogP contribution in [0.4, 0.5) is 31.1 Å². The number of carbonyl (C=O) groups is 1. The lowest BCUT2D eigenvalue weighted by molar-refractivity contribution is -0.143. The summed E-state index contributed by atoms with van der Waals surface area (Å²) in [5, 5.41) is 19.7. The molecule has 46 heavy (non-hydrogen) atoms. The van der Waals surface area contributed by atoms with Crippen molar-refractivity contribution in [3.05, 3.63) is 107 Å². The molecule has 4 rings (SSSR count). The molecule has 1 unspecified atom stereocenters. The highest BCUT2D eigenvalue weighted by molar-refractivity contribution is 5.70. The SMILES string of the molecule is C[C@@H](OC[C@@]1(c2ccccc2)CCC(C#N)(CCCO)CN1C(=O)OCc1ccccc1)c1cc(C(F)(F)F)cc(C(F)(F)F)c1. The van der Waals surface area contributed by atoms with Gasteiger partial charge in [-0.3, -0.25) is 4.90 Å². The van der Waals surface area contributed by atoms with E-state index in [0.29, 0.717) is 29.7 Å². The maximum Gasteiger partial charge on any atom is 0.416 e. The molecule has 3 atom stereocenters. The zero-order valence-corrected chi connectivity index (χ0v) is 25.1. The molecule has 1 aliphatic rings. The van der Waals surface area contributed by atoms with Gasteiger partial charge < -0.3 is 14.6 Å². The Kier molecular flexibility index (Phi) is 10.7. The highest BCUT2D eigenvalue weighted by Gasteiger charge is 2.52. The molecule has 1 fully saturated rings. The van der Waals surface area contributed by atoms with Crippen LogP contribution < -0.4 is 0 Å². The van der Waals surface area contributed by atoms with Crippen molar-refractivity contribution < 1.29 is 45.7 Å². The number of likely N-dealkylation sites (tertiary alicyclic amines) is 1. The first-order valence-electron chi connectivity index (χ1n) is 14.7. The first kappa shape index (κ1) is 34.8. The van der Waals surface area contributed by atoms with Crippen LogP contribution in [-0.2, 0) is 34.0 Å². The van der Waals surface area contributed by atoms with Crippen LogP contribution in [0.25, 0.3) is 0 Å². The van der Waals surface area contributed by atoms with E-state index >= 15 is 0 Å². The van der Waals surface area contributed by atoms with Gasteiger partial charge in [0, 0.05) is 13.2 Å². The normalized spacial score (nSPS) is 21.0. The number of ether oxygens (including phenoxy) is 2. The average molecular weight is 649 g/mol. The minimum absolute atomic E-state index is 0.0567. The Morgan fingerprint density at radius 2 is 1.54 bits per heavy atom. The summed E-state index contributed by atoms with van der Waals surface area (Å²) >= 11 is 0. The molecule has 1 saturated heterocycles. The van der Waals surface area contributed by atoms with Crippen LogP contribution in [0, 0.1) is 16.7 Å². The number of rotatable bonds is 10. The summed E-state index contributed by atoms with van der Waals surface area (Å²) in [7, 11) is 0. The first-order chi connectivity index (χ1) is 21.7. The van der Waals surface area contributed by atoms with Gasteiger partial charge in [0.15, 0.2) is 0 Å². The lowest BCUT2D eigenvalue weighted by Crippen LogP contribution is -2.60. The van der Waals surface area contributed by atoms with Crippen molar-refractivity contribution in [1.82, 2.24) is 4.90 Å². The molecular weight excluding hydrogens is 614 g/mol. The van der Waals surface area contributed by atoms with Crippen molar-refractivity contribution >= 4 is 6.09 Å². The molecule has 0 aliphatic carbocycles. The number of aliphatic hydroxyl groups is 1. The molecule has 12 heteroatoms. The van der Waals surface area contributed by atoms with E-state index in [9.17, 15) is 41.5 Å². The standard InChI is InChI=1S/C34H34F6N2O4/c1-24(26-17-28(33(35,36)37)19-29(18-26)34(38,39)40)46-23-32(27-11-6-3-7-12-27)15-14-31(21-41,13-8-16-43)22-42(32)30(44)45-20-25-9-4-2-5-10-25/h2-7,9-12,17-19,24,43H,8,13-16,20,22-23H2,1H3/t24-,31?,32-/m1/s1. The van der Waals surface area contributed by atoms with Gasteiger partial charge in [-0.05, 0) is 67.5 Å². The Bertz CT molecular complexity index is 1480. The van der Waals surface area contributed by atoms with Gasteiger partial charge in [0.05, 0.1) is 40.9 Å². The Labute approximate surface area is 263 Å². The number of amides is 1. The van der Waals surface area contributed by atoms with E-state index < -0.39 is 46.6 Å². The third-order valence-electron chi connectivity index (χ3n) is 8.43. The first-order valence-corrected chi connectivity index (χ1v) is 14.7. The Morgan fingerprint density at radius 3 is 2.09 bits per heavy atom.